The van der Waals surface area contributed by atoms with Crippen molar-refractivity contribution in [2.24, 2.45) is 0 Å². The van der Waals surface area contributed by atoms with E-state index in [0.717, 1.165) is 18.7 Å². The number of halogens is 1. The molecular weight excluding hydrogens is 226 g/mol. The topological polar surface area (TPSA) is 40.5 Å². The maximum atomic E-state index is 11.0. The third-order valence-electron chi connectivity index (χ3n) is 2.42. The number of aliphatic hydroxyl groups excluding tert-OH is 1. The molecule has 0 atom stereocenters. The maximum Gasteiger partial charge on any atom is 0.252 e. The van der Waals surface area contributed by atoms with Gasteiger partial charge in [0.05, 0.1) is 6.61 Å². The number of carbonyl (C=O) groups is 1. The smallest absolute Gasteiger partial charge is 0.252 e. The number of benzene rings is 1. The van der Waals surface area contributed by atoms with Gasteiger partial charge in [0, 0.05) is 18.7 Å². The predicted octanol–water partition coefficient (Wildman–Crippen LogP) is 1.88. The van der Waals surface area contributed by atoms with Gasteiger partial charge in [-0.1, -0.05) is 25.1 Å². The van der Waals surface area contributed by atoms with Gasteiger partial charge in [-0.3, -0.25) is 9.69 Å². The van der Waals surface area contributed by atoms with Crippen LogP contribution in [0.5, 0.6) is 0 Å². The molecule has 0 heterocycles. The Balaban J connectivity index is 2.72. The van der Waals surface area contributed by atoms with Crippen molar-refractivity contribution in [3.63, 3.8) is 0 Å². The molecule has 4 heteroatoms. The van der Waals surface area contributed by atoms with Gasteiger partial charge in [0.25, 0.3) is 5.24 Å². The predicted molar refractivity (Wildman–Crippen MR) is 64.7 cm³/mol. The van der Waals surface area contributed by atoms with E-state index >= 15 is 0 Å². The summed E-state index contributed by atoms with van der Waals surface area (Å²) in [6, 6.07) is 7.25. The average Bonchev–Trinajstić information content (AvgIpc) is 2.29. The van der Waals surface area contributed by atoms with Crippen LogP contribution in [0.1, 0.15) is 22.8 Å². The third kappa shape index (κ3) is 3.93. The Hall–Kier alpha value is -0.900. The van der Waals surface area contributed by atoms with Crippen molar-refractivity contribution in [2.45, 2.75) is 13.5 Å². The highest BCUT2D eigenvalue weighted by Gasteiger charge is 2.06. The van der Waals surface area contributed by atoms with Crippen LogP contribution < -0.4 is 0 Å². The number of aliphatic hydroxyl groups is 1. The lowest BCUT2D eigenvalue weighted by Crippen LogP contribution is -2.26. The Labute approximate surface area is 101 Å². The van der Waals surface area contributed by atoms with Crippen LogP contribution in [-0.4, -0.2) is 34.9 Å². The zero-order valence-electron chi connectivity index (χ0n) is 9.32. The van der Waals surface area contributed by atoms with E-state index in [4.69, 9.17) is 16.7 Å². The van der Waals surface area contributed by atoms with E-state index in [1.54, 1.807) is 12.1 Å². The van der Waals surface area contributed by atoms with Gasteiger partial charge in [0.2, 0.25) is 0 Å². The summed E-state index contributed by atoms with van der Waals surface area (Å²) in [5.74, 6) is 0. The largest absolute Gasteiger partial charge is 0.395 e. The molecule has 0 bridgehead atoms. The molecule has 1 rings (SSSR count). The number of nitrogens with zero attached hydrogens (tertiary/aromatic N) is 1. The molecule has 0 fully saturated rings. The molecule has 0 radical (unpaired) electrons. The van der Waals surface area contributed by atoms with Gasteiger partial charge in [-0.25, -0.2) is 0 Å². The molecule has 0 saturated carbocycles. The molecule has 0 spiro atoms. The summed E-state index contributed by atoms with van der Waals surface area (Å²) in [5, 5.41) is 8.43. The van der Waals surface area contributed by atoms with Crippen LogP contribution in [-0.2, 0) is 6.54 Å². The highest BCUT2D eigenvalue weighted by molar-refractivity contribution is 6.67. The minimum Gasteiger partial charge on any atom is -0.395 e. The van der Waals surface area contributed by atoms with Crippen LogP contribution in [0.2, 0.25) is 0 Å². The summed E-state index contributed by atoms with van der Waals surface area (Å²) in [6.45, 7) is 4.39. The molecule has 0 aromatic heterocycles. The minimum absolute atomic E-state index is 0.141. The number of hydrogen-bond donors (Lipinski definition) is 1. The summed E-state index contributed by atoms with van der Waals surface area (Å²) in [7, 11) is 0. The van der Waals surface area contributed by atoms with Crippen molar-refractivity contribution in [2.75, 3.05) is 19.7 Å². The zero-order chi connectivity index (χ0) is 12.0. The van der Waals surface area contributed by atoms with Gasteiger partial charge in [-0.2, -0.15) is 0 Å². The first kappa shape index (κ1) is 13.2. The first-order valence-corrected chi connectivity index (χ1v) is 5.67. The van der Waals surface area contributed by atoms with Crippen LogP contribution in [0, 0.1) is 0 Å². The quantitative estimate of drug-likeness (QED) is 0.774. The van der Waals surface area contributed by atoms with E-state index < -0.39 is 5.24 Å². The van der Waals surface area contributed by atoms with Gasteiger partial charge in [-0.05, 0) is 29.8 Å². The molecule has 0 aliphatic rings. The molecule has 0 amide bonds. The molecular formula is C12H16ClNO2. The Morgan fingerprint density at radius 1 is 1.50 bits per heavy atom. The van der Waals surface area contributed by atoms with Crippen LogP contribution >= 0.6 is 11.6 Å². The number of likely N-dealkylation sites (N-methyl/N-ethyl adjacent to an activating group) is 1. The lowest BCUT2D eigenvalue weighted by molar-refractivity contribution is 0.108. The normalized spacial score (nSPS) is 10.8. The molecule has 0 saturated heterocycles. The second-order valence-electron chi connectivity index (χ2n) is 3.57. The third-order valence-corrected chi connectivity index (χ3v) is 2.64. The maximum absolute atomic E-state index is 11.0. The molecule has 0 unspecified atom stereocenters. The van der Waals surface area contributed by atoms with E-state index in [9.17, 15) is 4.79 Å². The molecule has 0 aliphatic heterocycles. The van der Waals surface area contributed by atoms with Gasteiger partial charge in [0.15, 0.2) is 0 Å². The Kier molecular flexibility index (Phi) is 5.46. The van der Waals surface area contributed by atoms with E-state index in [2.05, 4.69) is 4.90 Å². The second kappa shape index (κ2) is 6.63. The van der Waals surface area contributed by atoms with Crippen LogP contribution in [0.15, 0.2) is 24.3 Å². The summed E-state index contributed by atoms with van der Waals surface area (Å²) < 4.78 is 0. The molecule has 0 aliphatic carbocycles. The zero-order valence-corrected chi connectivity index (χ0v) is 10.1. The number of hydrogen-bond acceptors (Lipinski definition) is 3. The monoisotopic (exact) mass is 241 g/mol. The number of carbonyl (C=O) groups excluding carboxylic acids is 1. The molecule has 1 aromatic rings. The van der Waals surface area contributed by atoms with Gasteiger partial charge >= 0.3 is 0 Å². The molecule has 1 aromatic carbocycles. The van der Waals surface area contributed by atoms with Gasteiger partial charge < -0.3 is 5.11 Å². The SMILES string of the molecule is CCN(CCO)Cc1cccc(C(=O)Cl)c1. The van der Waals surface area contributed by atoms with E-state index in [1.807, 2.05) is 19.1 Å². The Bertz CT molecular complexity index is 355. The first-order chi connectivity index (χ1) is 7.67. The van der Waals surface area contributed by atoms with Gasteiger partial charge in [0.1, 0.15) is 0 Å². The highest BCUT2D eigenvalue weighted by atomic mass is 35.5. The standard InChI is InChI=1S/C12H16ClNO2/c1-2-14(6-7-15)9-10-4-3-5-11(8-10)12(13)16/h3-5,8,15H,2,6-7,9H2,1H3. The minimum atomic E-state index is -0.438. The second-order valence-corrected chi connectivity index (χ2v) is 3.91. The molecule has 3 nitrogen and oxygen atoms in total. The Morgan fingerprint density at radius 3 is 2.81 bits per heavy atom. The fourth-order valence-electron chi connectivity index (χ4n) is 1.54. The van der Waals surface area contributed by atoms with E-state index in [0.29, 0.717) is 12.1 Å². The van der Waals surface area contributed by atoms with Crippen molar-refractivity contribution >= 4 is 16.8 Å². The van der Waals surface area contributed by atoms with Crippen LogP contribution in [0.25, 0.3) is 0 Å². The summed E-state index contributed by atoms with van der Waals surface area (Å²) in [6.07, 6.45) is 0. The fraction of sp³-hybridized carbons (Fsp3) is 0.417. The molecule has 1 N–H and O–H groups in total. The van der Waals surface area contributed by atoms with Crippen molar-refractivity contribution in [3.8, 4) is 0 Å². The molecule has 16 heavy (non-hydrogen) atoms. The highest BCUT2D eigenvalue weighted by Crippen LogP contribution is 2.10. The summed E-state index contributed by atoms with van der Waals surface area (Å²) >= 11 is 5.41. The summed E-state index contributed by atoms with van der Waals surface area (Å²) in [5.41, 5.74) is 1.54. The van der Waals surface area contributed by atoms with Crippen molar-refractivity contribution in [3.05, 3.63) is 35.4 Å². The lowest BCUT2D eigenvalue weighted by atomic mass is 10.1. The van der Waals surface area contributed by atoms with Crippen LogP contribution in [0.4, 0.5) is 0 Å². The van der Waals surface area contributed by atoms with E-state index in [-0.39, 0.29) is 6.61 Å². The number of rotatable bonds is 6. The lowest BCUT2D eigenvalue weighted by Gasteiger charge is -2.19. The fourth-order valence-corrected chi connectivity index (χ4v) is 1.66. The Morgan fingerprint density at radius 2 is 2.25 bits per heavy atom. The van der Waals surface area contributed by atoms with Crippen molar-refractivity contribution < 1.29 is 9.90 Å². The van der Waals surface area contributed by atoms with Crippen molar-refractivity contribution in [1.29, 1.82) is 0 Å². The molecule has 88 valence electrons. The summed E-state index contributed by atoms with van der Waals surface area (Å²) in [4.78, 5) is 13.1. The van der Waals surface area contributed by atoms with Crippen molar-refractivity contribution in [1.82, 2.24) is 4.90 Å². The average molecular weight is 242 g/mol. The van der Waals surface area contributed by atoms with Crippen LogP contribution in [0.3, 0.4) is 0 Å². The van der Waals surface area contributed by atoms with Gasteiger partial charge in [-0.15, -0.1) is 0 Å². The first-order valence-electron chi connectivity index (χ1n) is 5.29. The van der Waals surface area contributed by atoms with E-state index in [1.165, 1.54) is 0 Å².